The van der Waals surface area contributed by atoms with Crippen molar-refractivity contribution in [2.45, 2.75) is 57.8 Å². The van der Waals surface area contributed by atoms with E-state index in [0.717, 1.165) is 44.6 Å². The van der Waals surface area contributed by atoms with E-state index in [1.807, 2.05) is 25.1 Å². The number of carbonyl (C=O) groups excluding carboxylic acids is 1. The summed E-state index contributed by atoms with van der Waals surface area (Å²) in [4.78, 5) is 24.7. The van der Waals surface area contributed by atoms with E-state index < -0.39 is 17.6 Å². The van der Waals surface area contributed by atoms with Gasteiger partial charge < -0.3 is 14.3 Å². The molecule has 0 amide bonds. The fourth-order valence-electron chi connectivity index (χ4n) is 3.04. The first-order chi connectivity index (χ1) is 15.8. The van der Waals surface area contributed by atoms with Crippen molar-refractivity contribution >= 4 is 5.97 Å². The number of rotatable bonds is 13. The summed E-state index contributed by atoms with van der Waals surface area (Å²) in [7, 11) is 0. The molecule has 0 N–H and O–H groups in total. The average Bonchev–Trinajstić information content (AvgIpc) is 3.32. The quantitative estimate of drug-likeness (QED) is 0.117. The topological polar surface area (TPSA) is 87.9 Å². The summed E-state index contributed by atoms with van der Waals surface area (Å²) < 4.78 is 36.9. The van der Waals surface area contributed by atoms with Crippen LogP contribution in [0.5, 0.6) is 5.75 Å². The second-order valence-corrected chi connectivity index (χ2v) is 7.50. The molecule has 1 aliphatic carbocycles. The lowest BCUT2D eigenvalue weighted by Crippen LogP contribution is -2.23. The van der Waals surface area contributed by atoms with Gasteiger partial charge in [-0.2, -0.15) is 8.78 Å². The highest BCUT2D eigenvalue weighted by Gasteiger charge is 2.27. The van der Waals surface area contributed by atoms with E-state index in [0.29, 0.717) is 18.1 Å². The van der Waals surface area contributed by atoms with Gasteiger partial charge in [0.2, 0.25) is 0 Å². The molecular formula is C24H33F2NO6. The van der Waals surface area contributed by atoms with Crippen LogP contribution in [-0.4, -0.2) is 36.8 Å². The monoisotopic (exact) mass is 469 g/mol. The van der Waals surface area contributed by atoms with Gasteiger partial charge in [-0.05, 0) is 56.7 Å². The molecule has 1 aromatic carbocycles. The van der Waals surface area contributed by atoms with E-state index >= 15 is 0 Å². The summed E-state index contributed by atoms with van der Waals surface area (Å²) >= 11 is 0. The third-order valence-corrected chi connectivity index (χ3v) is 4.72. The van der Waals surface area contributed by atoms with Gasteiger partial charge in [-0.3, -0.25) is 4.79 Å². The maximum atomic E-state index is 13.6. The van der Waals surface area contributed by atoms with Crippen LogP contribution >= 0.6 is 0 Å². The van der Waals surface area contributed by atoms with E-state index in [-0.39, 0.29) is 19.2 Å². The van der Waals surface area contributed by atoms with Crippen LogP contribution in [0, 0.1) is 16.0 Å². The lowest BCUT2D eigenvalue weighted by Gasteiger charge is -2.14. The van der Waals surface area contributed by atoms with Crippen molar-refractivity contribution in [1.29, 1.82) is 0 Å². The van der Waals surface area contributed by atoms with E-state index in [1.54, 1.807) is 30.3 Å². The normalized spacial score (nSPS) is 14.2. The van der Waals surface area contributed by atoms with Crippen LogP contribution in [0.3, 0.4) is 0 Å². The van der Waals surface area contributed by atoms with Gasteiger partial charge in [0, 0.05) is 6.42 Å². The van der Waals surface area contributed by atoms with Gasteiger partial charge in [0.1, 0.15) is 19.0 Å². The Morgan fingerprint density at radius 1 is 1.21 bits per heavy atom. The number of hydrogen-bond acceptors (Lipinski definition) is 6. The van der Waals surface area contributed by atoms with Gasteiger partial charge in [-0.1, -0.05) is 49.3 Å². The molecule has 0 aromatic heterocycles. The van der Waals surface area contributed by atoms with Crippen molar-refractivity contribution in [3.63, 3.8) is 0 Å². The summed E-state index contributed by atoms with van der Waals surface area (Å²) in [5.74, 6) is -2.44. The molecule has 0 heterocycles. The molecule has 1 fully saturated rings. The first kappa shape index (κ1) is 28.1. The van der Waals surface area contributed by atoms with Gasteiger partial charge in [-0.25, -0.2) is 0 Å². The molecule has 184 valence electrons. The van der Waals surface area contributed by atoms with E-state index in [9.17, 15) is 23.7 Å². The SMILES string of the molecule is C/C=C\CCCC(=O)OCCO[N+](=O)[O-].FC(F)(/C=C/C1CCCC1)COc1ccccc1. The smallest absolute Gasteiger partial charge is 0.305 e. The molecule has 9 heteroatoms. The number of hydrogen-bond donors (Lipinski definition) is 0. The molecule has 33 heavy (non-hydrogen) atoms. The van der Waals surface area contributed by atoms with Gasteiger partial charge in [0.25, 0.3) is 11.0 Å². The van der Waals surface area contributed by atoms with E-state index in [4.69, 9.17) is 4.74 Å². The minimum Gasteiger partial charge on any atom is -0.487 e. The van der Waals surface area contributed by atoms with Crippen LogP contribution < -0.4 is 4.74 Å². The Balaban J connectivity index is 0.000000337. The number of ether oxygens (including phenoxy) is 2. The Hall–Kier alpha value is -2.97. The summed E-state index contributed by atoms with van der Waals surface area (Å²) in [5, 5.41) is 8.81. The second kappa shape index (κ2) is 16.6. The Morgan fingerprint density at radius 2 is 1.91 bits per heavy atom. The molecule has 0 bridgehead atoms. The molecule has 0 radical (unpaired) electrons. The Kier molecular flexibility index (Phi) is 14.1. The van der Waals surface area contributed by atoms with Crippen molar-refractivity contribution in [3.8, 4) is 5.75 Å². The minimum atomic E-state index is -2.89. The van der Waals surface area contributed by atoms with Gasteiger partial charge in [-0.15, -0.1) is 10.1 Å². The molecule has 0 aliphatic heterocycles. The number of allylic oxidation sites excluding steroid dienone is 3. The molecule has 1 aromatic rings. The van der Waals surface area contributed by atoms with Crippen molar-refractivity contribution in [1.82, 2.24) is 0 Å². The molecule has 0 atom stereocenters. The lowest BCUT2D eigenvalue weighted by atomic mass is 10.1. The van der Waals surface area contributed by atoms with Crippen LogP contribution in [0.25, 0.3) is 0 Å². The second-order valence-electron chi connectivity index (χ2n) is 7.50. The van der Waals surface area contributed by atoms with Crippen LogP contribution in [0.4, 0.5) is 8.78 Å². The summed E-state index contributed by atoms with van der Waals surface area (Å²) in [6.07, 6.45) is 12.8. The highest BCUT2D eigenvalue weighted by Crippen LogP contribution is 2.27. The predicted molar refractivity (Wildman–Crippen MR) is 121 cm³/mol. The molecule has 1 saturated carbocycles. The fourth-order valence-corrected chi connectivity index (χ4v) is 3.04. The zero-order valence-corrected chi connectivity index (χ0v) is 19.0. The van der Waals surface area contributed by atoms with Crippen LogP contribution in [0.2, 0.25) is 0 Å². The van der Waals surface area contributed by atoms with Crippen LogP contribution in [0.15, 0.2) is 54.6 Å². The summed E-state index contributed by atoms with van der Waals surface area (Å²) in [6.45, 7) is 1.02. The molecule has 0 unspecified atom stereocenters. The first-order valence-corrected chi connectivity index (χ1v) is 11.1. The lowest BCUT2D eigenvalue weighted by molar-refractivity contribution is -0.757. The third kappa shape index (κ3) is 15.5. The Bertz CT molecular complexity index is 734. The molecule has 7 nitrogen and oxygen atoms in total. The molecular weight excluding hydrogens is 436 g/mol. The van der Waals surface area contributed by atoms with Gasteiger partial charge in [0.05, 0.1) is 0 Å². The Labute approximate surface area is 193 Å². The number of unbranched alkanes of at least 4 members (excludes halogenated alkanes) is 1. The number of carbonyl (C=O) groups is 1. The van der Waals surface area contributed by atoms with Crippen molar-refractivity contribution in [3.05, 3.63) is 64.8 Å². The van der Waals surface area contributed by atoms with Crippen LogP contribution in [0.1, 0.15) is 51.9 Å². The minimum absolute atomic E-state index is 0.0799. The summed E-state index contributed by atoms with van der Waals surface area (Å²) in [5.41, 5.74) is 0. The number of halogens is 2. The molecule has 0 saturated heterocycles. The average molecular weight is 470 g/mol. The van der Waals surface area contributed by atoms with Gasteiger partial charge in [0.15, 0.2) is 6.61 Å². The Morgan fingerprint density at radius 3 is 2.55 bits per heavy atom. The number of benzene rings is 1. The predicted octanol–water partition coefficient (Wildman–Crippen LogP) is 5.93. The van der Waals surface area contributed by atoms with Crippen molar-refractivity contribution in [2.24, 2.45) is 5.92 Å². The van der Waals surface area contributed by atoms with Gasteiger partial charge >= 0.3 is 5.97 Å². The summed E-state index contributed by atoms with van der Waals surface area (Å²) in [6, 6.07) is 8.71. The molecule has 0 spiro atoms. The van der Waals surface area contributed by atoms with Crippen molar-refractivity contribution < 1.29 is 33.0 Å². The third-order valence-electron chi connectivity index (χ3n) is 4.72. The largest absolute Gasteiger partial charge is 0.487 e. The number of esters is 1. The fraction of sp³-hybridized carbons (Fsp3) is 0.542. The maximum Gasteiger partial charge on any atom is 0.305 e. The highest BCUT2D eigenvalue weighted by molar-refractivity contribution is 5.69. The van der Waals surface area contributed by atoms with E-state index in [1.165, 1.54) is 0 Å². The number of alkyl halides is 2. The maximum absolute atomic E-state index is 13.6. The number of para-hydroxylation sites is 1. The molecule has 1 aliphatic rings. The van der Waals surface area contributed by atoms with E-state index in [2.05, 4.69) is 9.57 Å². The zero-order valence-electron chi connectivity index (χ0n) is 19.0. The number of nitrogens with zero attached hydrogens (tertiary/aromatic N) is 1. The molecule has 2 rings (SSSR count). The highest BCUT2D eigenvalue weighted by atomic mass is 19.3. The first-order valence-electron chi connectivity index (χ1n) is 11.1. The van der Waals surface area contributed by atoms with Crippen LogP contribution in [-0.2, 0) is 14.4 Å². The zero-order chi connectivity index (χ0) is 24.4. The standard InChI is InChI=1S/C15H18F2O.C9H15NO5/c16-15(17,11-10-13-6-4-5-7-13)12-18-14-8-2-1-3-9-14;1-2-3-4-5-6-9(11)14-7-8-15-10(12)13/h1-3,8-11,13H,4-7,12H2;2-3H,4-8H2,1H3/b11-10+;3-2-. The van der Waals surface area contributed by atoms with Crippen molar-refractivity contribution in [2.75, 3.05) is 19.8 Å².